The van der Waals surface area contributed by atoms with E-state index in [-0.39, 0.29) is 39.0 Å². The molecular formula is C2H5N3NaS3. The number of hydrogen-bond donors (Lipinski definition) is 3. The maximum Gasteiger partial charge on any atom is 0.174 e. The first-order valence-corrected chi connectivity index (χ1v) is 3.28. The van der Waals surface area contributed by atoms with E-state index in [0.717, 1.165) is 11.9 Å². The zero-order valence-corrected chi connectivity index (χ0v) is 9.33. The van der Waals surface area contributed by atoms with E-state index < -0.39 is 0 Å². The third-order valence-electron chi connectivity index (χ3n) is 0.252. The number of thiocarbonyl (C=S) groups is 2. The van der Waals surface area contributed by atoms with Gasteiger partial charge in [0.15, 0.2) is 9.43 Å². The van der Waals surface area contributed by atoms with Gasteiger partial charge in [-0.1, -0.05) is 12.2 Å². The summed E-state index contributed by atoms with van der Waals surface area (Å²) in [5, 5.41) is 0.183. The van der Waals surface area contributed by atoms with Gasteiger partial charge in [0.05, 0.1) is 0 Å². The van der Waals surface area contributed by atoms with Crippen LogP contribution < -0.4 is 16.2 Å². The third-order valence-corrected chi connectivity index (χ3v) is 1.26. The van der Waals surface area contributed by atoms with E-state index in [0.29, 0.717) is 0 Å². The second-order valence-corrected chi connectivity index (χ2v) is 2.87. The zero-order valence-electron chi connectivity index (χ0n) is 4.88. The minimum Gasteiger partial charge on any atom is -0.383 e. The molecule has 0 aliphatic rings. The van der Waals surface area contributed by atoms with Crippen LogP contribution in [0.2, 0.25) is 0 Å². The van der Waals surface area contributed by atoms with Crippen molar-refractivity contribution >= 4 is 75.4 Å². The summed E-state index contributed by atoms with van der Waals surface area (Å²) in [4.78, 5) is 0. The van der Waals surface area contributed by atoms with Crippen molar-refractivity contribution in [3.8, 4) is 0 Å². The van der Waals surface area contributed by atoms with Crippen LogP contribution in [0, 0.1) is 0 Å². The molecule has 1 radical (unpaired) electrons. The number of rotatable bonds is 0. The Labute approximate surface area is 90.7 Å². The Bertz CT molecular complexity index is 102. The number of nitrogens with two attached hydrogens (primary N) is 2. The molecule has 0 rings (SSSR count). The van der Waals surface area contributed by atoms with Crippen LogP contribution in [-0.4, -0.2) is 39.0 Å². The van der Waals surface area contributed by atoms with Crippen LogP contribution in [0.4, 0.5) is 0 Å². The van der Waals surface area contributed by atoms with Crippen LogP contribution in [0.1, 0.15) is 0 Å². The predicted octanol–water partition coefficient (Wildman–Crippen LogP) is -0.669. The summed E-state index contributed by atoms with van der Waals surface area (Å²) in [5.41, 5.74) is 10.1. The summed E-state index contributed by atoms with van der Waals surface area (Å²) in [6.45, 7) is 0. The summed E-state index contributed by atoms with van der Waals surface area (Å²) in [5.74, 6) is 0. The van der Waals surface area contributed by atoms with Gasteiger partial charge in [-0.2, -0.15) is 0 Å². The van der Waals surface area contributed by atoms with Crippen molar-refractivity contribution in [1.29, 1.82) is 0 Å². The Hall–Kier alpha value is 0.930. The van der Waals surface area contributed by atoms with Crippen LogP contribution >= 0.6 is 36.4 Å². The second kappa shape index (κ2) is 7.04. The van der Waals surface area contributed by atoms with Crippen LogP contribution in [-0.2, 0) is 0 Å². The first-order chi connectivity index (χ1) is 3.63. The van der Waals surface area contributed by atoms with E-state index in [4.69, 9.17) is 11.5 Å². The van der Waals surface area contributed by atoms with Crippen molar-refractivity contribution in [3.05, 3.63) is 0 Å². The largest absolute Gasteiger partial charge is 0.383 e. The summed E-state index contributed by atoms with van der Waals surface area (Å²) in [6, 6.07) is 0. The summed E-state index contributed by atoms with van der Waals surface area (Å²) in [6.07, 6.45) is 0. The molecule has 0 aromatic rings. The van der Waals surface area contributed by atoms with Gasteiger partial charge in [-0.25, -0.2) is 0 Å². The average molecular weight is 190 g/mol. The standard InChI is InChI=1S/C2H5N3S3.Na/c3-1(6)5-8-2(4)7;/h(H2,4,7)(H3,3,5,6);. The van der Waals surface area contributed by atoms with Crippen molar-refractivity contribution in [3.63, 3.8) is 0 Å². The fourth-order valence-corrected chi connectivity index (χ4v) is 0.552. The molecule has 0 unspecified atom stereocenters. The van der Waals surface area contributed by atoms with Crippen LogP contribution in [0.5, 0.6) is 0 Å². The quantitative estimate of drug-likeness (QED) is 0.267. The Morgan fingerprint density at radius 3 is 1.89 bits per heavy atom. The van der Waals surface area contributed by atoms with Crippen molar-refractivity contribution in [2.24, 2.45) is 11.5 Å². The van der Waals surface area contributed by atoms with Gasteiger partial charge in [0.1, 0.15) is 0 Å². The Balaban J connectivity index is 0. The molecule has 0 aliphatic heterocycles. The molecular weight excluding hydrogens is 185 g/mol. The fraction of sp³-hybridized carbons (Fsp3) is 0. The van der Waals surface area contributed by atoms with E-state index in [1.807, 2.05) is 0 Å². The molecule has 0 bridgehead atoms. The van der Waals surface area contributed by atoms with Gasteiger partial charge in [-0.3, -0.25) is 0 Å². The molecule has 0 saturated heterocycles. The minimum absolute atomic E-state index is 0. The molecule has 0 atom stereocenters. The van der Waals surface area contributed by atoms with E-state index in [1.165, 1.54) is 0 Å². The van der Waals surface area contributed by atoms with Crippen LogP contribution in [0.3, 0.4) is 0 Å². The van der Waals surface area contributed by atoms with Crippen molar-refractivity contribution in [2.75, 3.05) is 0 Å². The smallest absolute Gasteiger partial charge is 0.174 e. The normalized spacial score (nSPS) is 7.11. The van der Waals surface area contributed by atoms with Crippen LogP contribution in [0.15, 0.2) is 0 Å². The Morgan fingerprint density at radius 2 is 1.78 bits per heavy atom. The third kappa shape index (κ3) is 12.2. The second-order valence-electron chi connectivity index (χ2n) is 0.887. The van der Waals surface area contributed by atoms with E-state index >= 15 is 0 Å². The predicted molar refractivity (Wildman–Crippen MR) is 50.1 cm³/mol. The molecule has 0 aromatic heterocycles. The number of hydrogen-bond acceptors (Lipinski definition) is 3. The number of nitrogens with one attached hydrogen (secondary N) is 1. The van der Waals surface area contributed by atoms with E-state index in [2.05, 4.69) is 29.2 Å². The van der Waals surface area contributed by atoms with Crippen molar-refractivity contribution < 1.29 is 0 Å². The molecule has 0 saturated carbocycles. The fourth-order valence-electron chi connectivity index (χ4n) is 0.101. The average Bonchev–Trinajstić information content (AvgIpc) is 1.61. The van der Waals surface area contributed by atoms with Gasteiger partial charge in [0.25, 0.3) is 0 Å². The van der Waals surface area contributed by atoms with Gasteiger partial charge in [-0.15, -0.1) is 0 Å². The zero-order chi connectivity index (χ0) is 6.57. The summed E-state index contributed by atoms with van der Waals surface area (Å²) >= 11 is 9.95. The Morgan fingerprint density at radius 1 is 1.33 bits per heavy atom. The first-order valence-electron chi connectivity index (χ1n) is 1.64. The van der Waals surface area contributed by atoms with Gasteiger partial charge >= 0.3 is 0 Å². The monoisotopic (exact) mass is 190 g/mol. The molecule has 0 aliphatic carbocycles. The molecule has 0 heterocycles. The van der Waals surface area contributed by atoms with Crippen LogP contribution in [0.25, 0.3) is 0 Å². The molecule has 3 nitrogen and oxygen atoms in total. The van der Waals surface area contributed by atoms with Gasteiger partial charge in [0.2, 0.25) is 0 Å². The minimum atomic E-state index is 0. The molecule has 0 aromatic carbocycles. The summed E-state index contributed by atoms with van der Waals surface area (Å²) < 4.78 is 2.78. The topological polar surface area (TPSA) is 64.1 Å². The molecule has 7 heteroatoms. The maximum atomic E-state index is 5.06. The SMILES string of the molecule is NC(=S)NSC(N)=S.[Na]. The van der Waals surface area contributed by atoms with Gasteiger partial charge < -0.3 is 16.2 Å². The molecule has 5 N–H and O–H groups in total. The molecule has 9 heavy (non-hydrogen) atoms. The first kappa shape index (κ1) is 12.6. The van der Waals surface area contributed by atoms with Gasteiger partial charge in [-0.05, 0) is 12.2 Å². The maximum absolute atomic E-state index is 5.06. The molecule has 0 amide bonds. The summed E-state index contributed by atoms with van der Waals surface area (Å²) in [7, 11) is 0. The van der Waals surface area contributed by atoms with Crippen molar-refractivity contribution in [1.82, 2.24) is 4.72 Å². The van der Waals surface area contributed by atoms with Crippen molar-refractivity contribution in [2.45, 2.75) is 0 Å². The molecule has 0 fully saturated rings. The Kier molecular flexibility index (Phi) is 9.85. The molecule has 47 valence electrons. The van der Waals surface area contributed by atoms with E-state index in [1.54, 1.807) is 0 Å². The molecule has 0 spiro atoms. The van der Waals surface area contributed by atoms with E-state index in [9.17, 15) is 0 Å². The van der Waals surface area contributed by atoms with Gasteiger partial charge in [0, 0.05) is 41.5 Å².